The van der Waals surface area contributed by atoms with Crippen molar-refractivity contribution >= 4 is 69.5 Å². The third-order valence-corrected chi connectivity index (χ3v) is 6.33. The van der Waals surface area contributed by atoms with Gasteiger partial charge in [0.2, 0.25) is 3.79 Å². The number of alkyl halides is 3. The molecule has 0 bridgehead atoms. The van der Waals surface area contributed by atoms with Crippen molar-refractivity contribution < 1.29 is 28.9 Å². The highest BCUT2D eigenvalue weighted by Crippen LogP contribution is 2.32. The molecule has 7 nitrogen and oxygen atoms in total. The highest BCUT2D eigenvalue weighted by molar-refractivity contribution is 14.1. The number of halogens is 4. The van der Waals surface area contributed by atoms with E-state index in [2.05, 4.69) is 27.9 Å². The fourth-order valence-electron chi connectivity index (χ4n) is 3.62. The van der Waals surface area contributed by atoms with E-state index < -0.39 is 46.8 Å². The molecule has 5 atom stereocenters. The molecule has 34 heavy (non-hydrogen) atoms. The summed E-state index contributed by atoms with van der Waals surface area (Å²) in [6.45, 7) is 1.32. The molecule has 2 N–H and O–H groups in total. The van der Waals surface area contributed by atoms with Crippen molar-refractivity contribution in [1.29, 1.82) is 0 Å². The number of nitrogens with one attached hydrogen (secondary N) is 1. The minimum Gasteiger partial charge on any atom is -0.488 e. The molecule has 0 heterocycles. The Kier molecular flexibility index (Phi) is 9.57. The van der Waals surface area contributed by atoms with Gasteiger partial charge >= 0.3 is 12.1 Å². The Balaban J connectivity index is 1.85. The molecule has 1 fully saturated rings. The third kappa shape index (κ3) is 7.78. The summed E-state index contributed by atoms with van der Waals surface area (Å²) in [5.41, 5.74) is 0.306. The molecule has 0 radical (unpaired) electrons. The van der Waals surface area contributed by atoms with Gasteiger partial charge in [0.25, 0.3) is 0 Å². The van der Waals surface area contributed by atoms with E-state index in [4.69, 9.17) is 49.0 Å². The second-order valence-corrected chi connectivity index (χ2v) is 11.7. The van der Waals surface area contributed by atoms with E-state index in [9.17, 15) is 14.7 Å². The van der Waals surface area contributed by atoms with E-state index in [0.717, 1.165) is 3.57 Å². The van der Waals surface area contributed by atoms with Crippen LogP contribution in [0.4, 0.5) is 4.79 Å². The Morgan fingerprint density at radius 1 is 1.12 bits per heavy atom. The number of carbonyl (C=O) groups excluding carboxylic acids is 2. The summed E-state index contributed by atoms with van der Waals surface area (Å²) >= 11 is 19.2. The smallest absolute Gasteiger partial charge is 0.407 e. The molecule has 2 aromatic rings. The molecule has 0 spiro atoms. The van der Waals surface area contributed by atoms with Crippen LogP contribution in [0.5, 0.6) is 5.75 Å². The first-order valence-corrected chi connectivity index (χ1v) is 12.6. The summed E-state index contributed by atoms with van der Waals surface area (Å²) in [5.74, 6) is -0.380. The molecule has 1 saturated carbocycles. The first kappa shape index (κ1) is 27.1. The number of rotatable bonds is 6. The third-order valence-electron chi connectivity index (χ3n) is 5.28. The summed E-state index contributed by atoms with van der Waals surface area (Å²) in [7, 11) is 0. The van der Waals surface area contributed by atoms with Gasteiger partial charge in [0.1, 0.15) is 24.5 Å². The Hall–Kier alpha value is -1.46. The lowest BCUT2D eigenvalue weighted by molar-refractivity contribution is -0.101. The van der Waals surface area contributed by atoms with Crippen LogP contribution < -0.4 is 10.1 Å². The number of benzene rings is 2. The maximum Gasteiger partial charge on any atom is 0.407 e. The minimum atomic E-state index is -1.80. The van der Waals surface area contributed by atoms with E-state index in [1.807, 2.05) is 19.1 Å². The lowest BCUT2D eigenvalue weighted by Gasteiger charge is -2.43. The molecule has 1 unspecified atom stereocenters. The van der Waals surface area contributed by atoms with Gasteiger partial charge in [-0.1, -0.05) is 59.9 Å². The zero-order chi connectivity index (χ0) is 24.9. The van der Waals surface area contributed by atoms with E-state index in [1.165, 1.54) is 0 Å². The second kappa shape index (κ2) is 12.0. The number of esters is 1. The Morgan fingerprint density at radius 2 is 1.76 bits per heavy atom. The first-order valence-electron chi connectivity index (χ1n) is 10.4. The van der Waals surface area contributed by atoms with Crippen molar-refractivity contribution in [2.24, 2.45) is 5.92 Å². The fraction of sp³-hybridized carbons (Fsp3) is 0.391. The normalized spacial score (nSPS) is 24.7. The van der Waals surface area contributed by atoms with Crippen molar-refractivity contribution in [1.82, 2.24) is 5.32 Å². The predicted octanol–water partition coefficient (Wildman–Crippen LogP) is 5.13. The molecule has 0 aliphatic heterocycles. The molecule has 1 amide bonds. The molecule has 1 aliphatic carbocycles. The van der Waals surface area contributed by atoms with Crippen molar-refractivity contribution in [2.45, 2.75) is 41.5 Å². The highest BCUT2D eigenvalue weighted by Gasteiger charge is 2.47. The Labute approximate surface area is 226 Å². The van der Waals surface area contributed by atoms with Gasteiger partial charge in [0.05, 0.1) is 11.7 Å². The molecule has 184 valence electrons. The van der Waals surface area contributed by atoms with Gasteiger partial charge in [0, 0.05) is 3.57 Å². The molecule has 0 saturated heterocycles. The van der Waals surface area contributed by atoms with E-state index in [1.54, 1.807) is 42.5 Å². The van der Waals surface area contributed by atoms with E-state index in [-0.39, 0.29) is 5.92 Å². The predicted molar refractivity (Wildman–Crippen MR) is 138 cm³/mol. The molecular formula is C23H23Cl3INO6. The molecule has 11 heteroatoms. The lowest BCUT2D eigenvalue weighted by atomic mass is 9.80. The Bertz CT molecular complexity index is 973. The maximum absolute atomic E-state index is 12.8. The van der Waals surface area contributed by atoms with Crippen LogP contribution in [0.2, 0.25) is 0 Å². The number of amides is 1. The number of hydrogen-bond donors (Lipinski definition) is 2. The van der Waals surface area contributed by atoms with Crippen molar-refractivity contribution in [3.05, 3.63) is 63.7 Å². The van der Waals surface area contributed by atoms with Gasteiger partial charge in [-0.25, -0.2) is 9.59 Å². The Morgan fingerprint density at radius 3 is 2.38 bits per heavy atom. The van der Waals surface area contributed by atoms with Crippen LogP contribution in [0.25, 0.3) is 0 Å². The summed E-state index contributed by atoms with van der Waals surface area (Å²) in [6, 6.07) is 14.7. The van der Waals surface area contributed by atoms with Crippen LogP contribution >= 0.6 is 57.4 Å². The maximum atomic E-state index is 12.8. The fourth-order valence-corrected chi connectivity index (χ4v) is 4.14. The average Bonchev–Trinajstić information content (AvgIpc) is 2.79. The number of carbonyl (C=O) groups is 2. The largest absolute Gasteiger partial charge is 0.488 e. The lowest BCUT2D eigenvalue weighted by Crippen LogP contribution is -2.63. The zero-order valence-electron chi connectivity index (χ0n) is 18.0. The summed E-state index contributed by atoms with van der Waals surface area (Å²) in [6.07, 6.45) is -3.36. The number of aliphatic hydroxyl groups is 1. The van der Waals surface area contributed by atoms with Gasteiger partial charge in [-0.3, -0.25) is 0 Å². The summed E-state index contributed by atoms with van der Waals surface area (Å²) in [5, 5.41) is 13.5. The van der Waals surface area contributed by atoms with Gasteiger partial charge in [-0.15, -0.1) is 0 Å². The first-order chi connectivity index (χ1) is 16.0. The van der Waals surface area contributed by atoms with Crippen molar-refractivity contribution in [3.63, 3.8) is 0 Å². The van der Waals surface area contributed by atoms with Gasteiger partial charge < -0.3 is 24.6 Å². The van der Waals surface area contributed by atoms with Crippen LogP contribution in [0.1, 0.15) is 23.7 Å². The van der Waals surface area contributed by atoms with Gasteiger partial charge in [-0.2, -0.15) is 0 Å². The molecule has 1 aliphatic rings. The number of aliphatic hydroxyl groups excluding tert-OH is 1. The summed E-state index contributed by atoms with van der Waals surface area (Å²) < 4.78 is 16.1. The topological polar surface area (TPSA) is 94.1 Å². The van der Waals surface area contributed by atoms with Crippen LogP contribution in [0, 0.1) is 9.49 Å². The van der Waals surface area contributed by atoms with Crippen LogP contribution in [0.3, 0.4) is 0 Å². The molecular weight excluding hydrogens is 620 g/mol. The zero-order valence-corrected chi connectivity index (χ0v) is 22.4. The molecule has 0 aromatic heterocycles. The standard InChI is InChI=1S/C23H23Cl3INO6/c1-13-11-17(33-16-9-7-15(27)8-10-16)18(28-22(31)32-12-23(24,25)26)20(19(13)29)34-21(30)14-5-3-2-4-6-14/h2-10,13,17-20,29H,11-12H2,1H3,(H,28,31)/t13-,17?,18-,19-,20+/m0/s1. The number of alkyl carbamates (subject to hydrolysis) is 1. The molecule has 2 aromatic carbocycles. The average molecular weight is 643 g/mol. The SMILES string of the molecule is C[C@H]1CC(Oc2ccc(I)cc2)[C@H](NC(=O)OCC(Cl)(Cl)Cl)[C@@H](OC(=O)c2ccccc2)[C@H]1O. The molecule has 3 rings (SSSR count). The monoisotopic (exact) mass is 641 g/mol. The quantitative estimate of drug-likeness (QED) is 0.258. The van der Waals surface area contributed by atoms with Gasteiger partial charge in [-0.05, 0) is 71.3 Å². The van der Waals surface area contributed by atoms with Gasteiger partial charge in [0.15, 0.2) is 6.10 Å². The summed E-state index contributed by atoms with van der Waals surface area (Å²) in [4.78, 5) is 25.3. The number of hydrogen-bond acceptors (Lipinski definition) is 6. The van der Waals surface area contributed by atoms with Crippen molar-refractivity contribution in [3.8, 4) is 5.75 Å². The van der Waals surface area contributed by atoms with E-state index >= 15 is 0 Å². The van der Waals surface area contributed by atoms with Crippen LogP contribution in [-0.2, 0) is 9.47 Å². The number of ether oxygens (including phenoxy) is 3. The van der Waals surface area contributed by atoms with Crippen LogP contribution in [0.15, 0.2) is 54.6 Å². The van der Waals surface area contributed by atoms with Crippen LogP contribution in [-0.4, -0.2) is 51.9 Å². The second-order valence-electron chi connectivity index (χ2n) is 7.91. The van der Waals surface area contributed by atoms with Crippen molar-refractivity contribution in [2.75, 3.05) is 6.61 Å². The minimum absolute atomic E-state index is 0.294. The van der Waals surface area contributed by atoms with E-state index in [0.29, 0.717) is 17.7 Å². The highest BCUT2D eigenvalue weighted by atomic mass is 127.